The molecule has 3 nitrogen and oxygen atoms in total. The Balaban J connectivity index is 1.32. The third-order valence-corrected chi connectivity index (χ3v) is 12.4. The van der Waals surface area contributed by atoms with E-state index in [0.29, 0.717) is 0 Å². The van der Waals surface area contributed by atoms with Gasteiger partial charge in [0.05, 0.1) is 5.69 Å². The summed E-state index contributed by atoms with van der Waals surface area (Å²) < 4.78 is 16.7. The van der Waals surface area contributed by atoms with Gasteiger partial charge in [-0.15, -0.1) is 11.3 Å². The second kappa shape index (κ2) is 10.5. The summed E-state index contributed by atoms with van der Waals surface area (Å²) in [4.78, 5) is 2.30. The van der Waals surface area contributed by atoms with Gasteiger partial charge in [-0.2, -0.15) is 0 Å². The maximum absolute atomic E-state index is 7.11. The van der Waals surface area contributed by atoms with E-state index in [4.69, 9.17) is 9.47 Å². The van der Waals surface area contributed by atoms with Crippen molar-refractivity contribution in [1.29, 1.82) is 0 Å². The summed E-state index contributed by atoms with van der Waals surface area (Å²) in [6.07, 6.45) is 2.33. The molecule has 0 saturated carbocycles. The number of fused-ring (bicyclic) bond motifs is 7. The topological polar surface area (TPSA) is 21.7 Å². The number of hydrogen-bond acceptors (Lipinski definition) is 4. The highest BCUT2D eigenvalue weighted by atomic mass is 32.1. The normalized spacial score (nSPS) is 16.5. The molecule has 0 atom stereocenters. The molecule has 1 aromatic heterocycles. The summed E-state index contributed by atoms with van der Waals surface area (Å²) in [5.74, 6) is 3.69. The van der Waals surface area contributed by atoms with E-state index in [9.17, 15) is 0 Å². The van der Waals surface area contributed by atoms with Crippen molar-refractivity contribution in [3.8, 4) is 23.0 Å². The van der Waals surface area contributed by atoms with E-state index in [-0.39, 0.29) is 23.0 Å². The minimum atomic E-state index is 0.0232. The first kappa shape index (κ1) is 30.6. The Morgan fingerprint density at radius 1 is 0.653 bits per heavy atom. The molecule has 0 fully saturated rings. The van der Waals surface area contributed by atoms with Crippen LogP contribution in [0.15, 0.2) is 103 Å². The van der Waals surface area contributed by atoms with Crippen molar-refractivity contribution in [2.24, 2.45) is 0 Å². The van der Waals surface area contributed by atoms with Gasteiger partial charge in [-0.1, -0.05) is 97.0 Å². The molecule has 0 saturated heterocycles. The Labute approximate surface area is 294 Å². The summed E-state index contributed by atoms with van der Waals surface area (Å²) in [6, 6.07) is 37.4. The third kappa shape index (κ3) is 4.76. The number of rotatable bonds is 3. The van der Waals surface area contributed by atoms with Crippen LogP contribution in [-0.4, -0.2) is 6.71 Å². The molecule has 3 aliphatic rings. The molecule has 5 heteroatoms. The first-order valence-corrected chi connectivity index (χ1v) is 18.4. The zero-order valence-electron chi connectivity index (χ0n) is 29.5. The first-order chi connectivity index (χ1) is 23.4. The van der Waals surface area contributed by atoms with Gasteiger partial charge in [0.25, 0.3) is 6.71 Å². The van der Waals surface area contributed by atoms with Gasteiger partial charge >= 0.3 is 0 Å². The largest absolute Gasteiger partial charge is 0.458 e. The Morgan fingerprint density at radius 2 is 1.24 bits per heavy atom. The van der Waals surface area contributed by atoms with Crippen LogP contribution >= 0.6 is 11.3 Å². The Hall–Kier alpha value is -4.48. The lowest BCUT2D eigenvalue weighted by Crippen LogP contribution is -2.57. The number of thiophene rings is 1. The van der Waals surface area contributed by atoms with Gasteiger partial charge in [-0.3, -0.25) is 0 Å². The molecule has 49 heavy (non-hydrogen) atoms. The SMILES string of the molecule is CC(C)(C)c1ccc2sc3c(c2c1)Oc1cc(N(c2ccccc2)c2ccccc2)cc2c1B3c1cc3c(cc1O2)C(C)(C)CCC3(C)C. The van der Waals surface area contributed by atoms with E-state index >= 15 is 0 Å². The smallest absolute Gasteiger partial charge is 0.273 e. The van der Waals surface area contributed by atoms with Crippen molar-refractivity contribution in [2.45, 2.75) is 77.6 Å². The molecule has 244 valence electrons. The Morgan fingerprint density at radius 3 is 1.86 bits per heavy atom. The second-order valence-electron chi connectivity index (χ2n) is 16.5. The summed E-state index contributed by atoms with van der Waals surface area (Å²) >= 11 is 1.87. The van der Waals surface area contributed by atoms with Crippen LogP contribution < -0.4 is 30.1 Å². The van der Waals surface area contributed by atoms with Crippen LogP contribution in [0.25, 0.3) is 10.1 Å². The molecule has 9 rings (SSSR count). The van der Waals surface area contributed by atoms with Crippen molar-refractivity contribution in [3.63, 3.8) is 0 Å². The number of benzene rings is 5. The minimum Gasteiger partial charge on any atom is -0.458 e. The second-order valence-corrected chi connectivity index (χ2v) is 17.5. The monoisotopic (exact) mass is 659 g/mol. The third-order valence-electron chi connectivity index (χ3n) is 11.2. The molecule has 6 aromatic rings. The van der Waals surface area contributed by atoms with E-state index in [1.165, 1.54) is 43.4 Å². The van der Waals surface area contributed by atoms with Crippen molar-refractivity contribution in [2.75, 3.05) is 4.90 Å². The summed E-state index contributed by atoms with van der Waals surface area (Å²) in [6.45, 7) is 16.5. The number of anilines is 3. The maximum atomic E-state index is 7.11. The van der Waals surface area contributed by atoms with E-state index in [1.54, 1.807) is 0 Å². The minimum absolute atomic E-state index is 0.0232. The van der Waals surface area contributed by atoms with E-state index in [2.05, 4.69) is 156 Å². The highest BCUT2D eigenvalue weighted by Crippen LogP contribution is 2.50. The number of nitrogens with zero attached hydrogens (tertiary/aromatic N) is 1. The van der Waals surface area contributed by atoms with Crippen LogP contribution in [0.3, 0.4) is 0 Å². The lowest BCUT2D eigenvalue weighted by Gasteiger charge is -2.43. The molecular formula is C44H42BNO2S. The van der Waals surface area contributed by atoms with Gasteiger partial charge < -0.3 is 14.4 Å². The zero-order valence-corrected chi connectivity index (χ0v) is 30.3. The van der Waals surface area contributed by atoms with Crippen LogP contribution in [0.1, 0.15) is 78.0 Å². The van der Waals surface area contributed by atoms with Gasteiger partial charge in [-0.05, 0) is 93.7 Å². The molecule has 3 heterocycles. The lowest BCUT2D eigenvalue weighted by molar-refractivity contribution is 0.330. The fraction of sp³-hybridized carbons (Fsp3) is 0.273. The zero-order chi connectivity index (χ0) is 33.9. The molecule has 0 unspecified atom stereocenters. The molecular weight excluding hydrogens is 617 g/mol. The fourth-order valence-corrected chi connectivity index (χ4v) is 9.45. The van der Waals surface area contributed by atoms with Crippen LogP contribution in [0.5, 0.6) is 23.0 Å². The van der Waals surface area contributed by atoms with Gasteiger partial charge in [0, 0.05) is 43.8 Å². The molecule has 0 amide bonds. The van der Waals surface area contributed by atoms with Gasteiger partial charge in [0.1, 0.15) is 23.0 Å². The van der Waals surface area contributed by atoms with Crippen LogP contribution in [0.2, 0.25) is 0 Å². The standard InChI is InChI=1S/C44H42BNO2S/c1-42(2,3)27-18-19-38-31(22-27)40-41(49-38)45-34-25-32-33(44(6,7)21-20-43(32,4)5)26-35(34)47-36-23-30(24-37(48-40)39(36)45)46(28-14-10-8-11-15-28)29-16-12-9-13-17-29/h8-19,22-26H,20-21H2,1-7H3. The molecule has 5 aromatic carbocycles. The van der Waals surface area contributed by atoms with Crippen molar-refractivity contribution >= 4 is 60.9 Å². The molecule has 0 N–H and O–H groups in total. The first-order valence-electron chi connectivity index (χ1n) is 17.6. The fourth-order valence-electron chi connectivity index (χ4n) is 8.21. The van der Waals surface area contributed by atoms with Crippen molar-refractivity contribution < 1.29 is 9.47 Å². The van der Waals surface area contributed by atoms with Crippen molar-refractivity contribution in [1.82, 2.24) is 0 Å². The average Bonchev–Trinajstić information content (AvgIpc) is 3.44. The van der Waals surface area contributed by atoms with E-state index in [1.807, 2.05) is 11.3 Å². The molecule has 0 spiro atoms. The Bertz CT molecular complexity index is 2240. The molecule has 0 bridgehead atoms. The maximum Gasteiger partial charge on any atom is 0.273 e. The highest BCUT2D eigenvalue weighted by molar-refractivity contribution is 7.33. The van der Waals surface area contributed by atoms with Gasteiger partial charge in [-0.25, -0.2) is 0 Å². The lowest BCUT2D eigenvalue weighted by atomic mass is 9.37. The van der Waals surface area contributed by atoms with Gasteiger partial charge in [0.2, 0.25) is 0 Å². The van der Waals surface area contributed by atoms with Gasteiger partial charge in [0.15, 0.2) is 0 Å². The number of para-hydroxylation sites is 2. The summed E-state index contributed by atoms with van der Waals surface area (Å²) in [7, 11) is 0. The van der Waals surface area contributed by atoms with Crippen LogP contribution in [-0.2, 0) is 16.2 Å². The van der Waals surface area contributed by atoms with Crippen molar-refractivity contribution in [3.05, 3.63) is 120 Å². The molecule has 0 radical (unpaired) electrons. The number of hydrogen-bond donors (Lipinski definition) is 0. The number of ether oxygens (including phenoxy) is 2. The molecule has 2 aliphatic heterocycles. The quantitative estimate of drug-likeness (QED) is 0.176. The summed E-state index contributed by atoms with van der Waals surface area (Å²) in [5.41, 5.74) is 9.93. The van der Waals surface area contributed by atoms with Crippen LogP contribution in [0.4, 0.5) is 17.1 Å². The highest BCUT2D eigenvalue weighted by Gasteiger charge is 2.46. The van der Waals surface area contributed by atoms with E-state index in [0.717, 1.165) is 51.9 Å². The Kier molecular flexibility index (Phi) is 6.56. The predicted octanol–water partition coefficient (Wildman–Crippen LogP) is 10.7. The predicted molar refractivity (Wildman–Crippen MR) is 208 cm³/mol. The molecule has 1 aliphatic carbocycles. The summed E-state index contributed by atoms with van der Waals surface area (Å²) in [5, 5.41) is 1.19. The van der Waals surface area contributed by atoms with E-state index < -0.39 is 0 Å². The van der Waals surface area contributed by atoms with Crippen LogP contribution in [0, 0.1) is 0 Å². The average molecular weight is 660 g/mol.